The number of allylic oxidation sites excluding steroid dienone is 4. The van der Waals surface area contributed by atoms with E-state index in [0.717, 1.165) is 18.4 Å². The van der Waals surface area contributed by atoms with E-state index < -0.39 is 33.0 Å². The molecule has 3 aromatic carbocycles. The molecule has 3 aromatic rings. The van der Waals surface area contributed by atoms with Crippen LogP contribution in [0.3, 0.4) is 0 Å². The summed E-state index contributed by atoms with van der Waals surface area (Å²) < 4.78 is 46.2. The van der Waals surface area contributed by atoms with Gasteiger partial charge in [-0.05, 0) is 0 Å². The van der Waals surface area contributed by atoms with Crippen molar-refractivity contribution in [3.63, 3.8) is 0 Å². The van der Waals surface area contributed by atoms with Crippen LogP contribution in [0.2, 0.25) is 0 Å². The van der Waals surface area contributed by atoms with Crippen LogP contribution in [0.1, 0.15) is 116 Å². The standard InChI is InChI=1S/C21H25.C12H19.C8H5F3.2ClH.Zr/c1-20(2,3)16-7-9-18-14(12-16)11-15-13-17(21(4,5)6)8-10-19(15)18;1-6-10-7-9(2)8-11(10)12(3,4)5;1-6-2-4-7(5-3-6)8(9,10)11;;;/h7-10,12H,11H2,1-6H3;8-9H,6H2,1-5H3;1-5H;2*1H;/q;;;;;+2/p-2. The Morgan fingerprint density at radius 1 is 0.745 bits per heavy atom. The quantitative estimate of drug-likeness (QED) is 0.267. The van der Waals surface area contributed by atoms with Gasteiger partial charge in [0.15, 0.2) is 0 Å². The van der Waals surface area contributed by atoms with E-state index >= 15 is 0 Å². The van der Waals surface area contributed by atoms with Gasteiger partial charge in [-0.3, -0.25) is 0 Å². The monoisotopic (exact) mass is 758 g/mol. The second kappa shape index (κ2) is 13.9. The molecular formula is C41H49Cl2F3Zr. The molecule has 1 unspecified atom stereocenters. The van der Waals surface area contributed by atoms with Crippen LogP contribution in [-0.4, -0.2) is 3.71 Å². The number of alkyl halides is 3. The summed E-state index contributed by atoms with van der Waals surface area (Å²) >= 11 is -2.96. The third kappa shape index (κ3) is 7.86. The molecule has 2 aliphatic rings. The topological polar surface area (TPSA) is 0 Å². The van der Waals surface area contributed by atoms with E-state index in [1.54, 1.807) is 15.4 Å². The predicted octanol–water partition coefficient (Wildman–Crippen LogP) is 5.26. The Labute approximate surface area is 301 Å². The smallest absolute Gasteiger partial charge is 1.00 e. The molecule has 5 rings (SSSR count). The van der Waals surface area contributed by atoms with E-state index in [1.807, 2.05) is 0 Å². The zero-order valence-corrected chi connectivity index (χ0v) is 33.7. The summed E-state index contributed by atoms with van der Waals surface area (Å²) in [7, 11) is 0. The summed E-state index contributed by atoms with van der Waals surface area (Å²) in [6.45, 7) is 25.3. The Bertz CT molecular complexity index is 1740. The molecule has 0 saturated carbocycles. The molecule has 0 saturated heterocycles. The van der Waals surface area contributed by atoms with Gasteiger partial charge in [-0.1, -0.05) is 0 Å². The van der Waals surface area contributed by atoms with E-state index in [-0.39, 0.29) is 41.1 Å². The number of hydrogen-bond acceptors (Lipinski definition) is 0. The first-order chi connectivity index (χ1) is 20.7. The Hall–Kier alpha value is -1.74. The van der Waals surface area contributed by atoms with Gasteiger partial charge in [-0.25, -0.2) is 0 Å². The number of benzene rings is 3. The van der Waals surface area contributed by atoms with Crippen LogP contribution in [0.25, 0.3) is 11.1 Å². The van der Waals surface area contributed by atoms with Crippen LogP contribution in [-0.2, 0) is 44.7 Å². The van der Waals surface area contributed by atoms with Crippen molar-refractivity contribution in [2.45, 2.75) is 106 Å². The summed E-state index contributed by atoms with van der Waals surface area (Å²) in [5, 5.41) is 0. The van der Waals surface area contributed by atoms with Gasteiger partial charge >= 0.3 is 278 Å². The summed E-state index contributed by atoms with van der Waals surface area (Å²) in [6.07, 6.45) is 0.00459. The molecule has 0 aliphatic heterocycles. The molecule has 1 atom stereocenters. The van der Waals surface area contributed by atoms with Crippen LogP contribution < -0.4 is 28.1 Å². The first kappa shape index (κ1) is 39.7. The van der Waals surface area contributed by atoms with Gasteiger partial charge in [0.2, 0.25) is 0 Å². The van der Waals surface area contributed by atoms with E-state index in [4.69, 9.17) is 0 Å². The summed E-state index contributed by atoms with van der Waals surface area (Å²) in [5.41, 5.74) is 11.5. The van der Waals surface area contributed by atoms with Gasteiger partial charge in [-0.15, -0.1) is 0 Å². The van der Waals surface area contributed by atoms with Gasteiger partial charge < -0.3 is 24.8 Å². The normalized spacial score (nSPS) is 16.4. The van der Waals surface area contributed by atoms with Crippen molar-refractivity contribution in [3.8, 4) is 11.1 Å². The largest absolute Gasteiger partial charge is 1.00 e. The number of rotatable bonds is 4. The molecule has 0 bridgehead atoms. The molecule has 2 aliphatic carbocycles. The fourth-order valence-corrected chi connectivity index (χ4v) is 16.1. The molecule has 0 nitrogen and oxygen atoms in total. The van der Waals surface area contributed by atoms with E-state index in [1.165, 1.54) is 59.9 Å². The van der Waals surface area contributed by atoms with Crippen molar-refractivity contribution in [1.29, 1.82) is 0 Å². The molecule has 0 N–H and O–H groups in total. The first-order valence-electron chi connectivity index (χ1n) is 16.4. The molecule has 0 fully saturated rings. The first-order valence-corrected chi connectivity index (χ1v) is 20.2. The van der Waals surface area contributed by atoms with Crippen LogP contribution >= 0.6 is 0 Å². The number of halogens is 5. The van der Waals surface area contributed by atoms with Gasteiger partial charge in [0.1, 0.15) is 0 Å². The minimum Gasteiger partial charge on any atom is -1.00 e. The third-order valence-electron chi connectivity index (χ3n) is 9.54. The molecule has 6 heteroatoms. The van der Waals surface area contributed by atoms with E-state index in [2.05, 4.69) is 116 Å². The SMILES string of the molecule is CCC1=[C](/[Zr+2](=[CH]/c2ccc(C(F)(F)F)cc2)[c]2c(C(C)(C)C)ccc3c2Cc2cc(C(C)(C)C)ccc2-3)C(C)C=C1C(C)(C)C.[Cl-].[Cl-]. The Morgan fingerprint density at radius 3 is 1.83 bits per heavy atom. The van der Waals surface area contributed by atoms with Crippen LogP contribution in [0.15, 0.2) is 75.1 Å². The van der Waals surface area contributed by atoms with Crippen LogP contribution in [0.4, 0.5) is 13.2 Å². The number of hydrogen-bond donors (Lipinski definition) is 0. The van der Waals surface area contributed by atoms with Crippen molar-refractivity contribution >= 4 is 6.98 Å². The Kier molecular flexibility index (Phi) is 11.7. The zero-order valence-electron chi connectivity index (χ0n) is 29.7. The molecular weight excluding hydrogens is 712 g/mol. The molecule has 0 amide bonds. The van der Waals surface area contributed by atoms with Gasteiger partial charge in [0, 0.05) is 0 Å². The summed E-state index contributed by atoms with van der Waals surface area (Å²) in [4.78, 5) is 0. The molecule has 47 heavy (non-hydrogen) atoms. The minimum atomic E-state index is -4.35. The van der Waals surface area contributed by atoms with Crippen molar-refractivity contribution in [2.24, 2.45) is 11.3 Å². The van der Waals surface area contributed by atoms with E-state index in [9.17, 15) is 13.2 Å². The fraction of sp³-hybridized carbons (Fsp3) is 0.439. The van der Waals surface area contributed by atoms with Crippen molar-refractivity contribution in [2.75, 3.05) is 0 Å². The molecule has 0 heterocycles. The zero-order chi connectivity index (χ0) is 33.3. The number of fused-ring (bicyclic) bond motifs is 3. The Balaban J connectivity index is 0.00000300. The van der Waals surface area contributed by atoms with Crippen molar-refractivity contribution in [3.05, 3.63) is 108 Å². The molecule has 0 spiro atoms. The van der Waals surface area contributed by atoms with Gasteiger partial charge in [0.25, 0.3) is 0 Å². The Morgan fingerprint density at radius 2 is 1.32 bits per heavy atom. The van der Waals surface area contributed by atoms with Crippen molar-refractivity contribution in [1.82, 2.24) is 0 Å². The fourth-order valence-electron chi connectivity index (χ4n) is 7.24. The maximum atomic E-state index is 13.5. The minimum absolute atomic E-state index is 0. The third-order valence-corrected chi connectivity index (χ3v) is 17.1. The maximum absolute atomic E-state index is 13.5. The van der Waals surface area contributed by atoms with Gasteiger partial charge in [0.05, 0.1) is 0 Å². The van der Waals surface area contributed by atoms with Crippen molar-refractivity contribution < 1.29 is 59.3 Å². The van der Waals surface area contributed by atoms with Gasteiger partial charge in [-0.2, -0.15) is 0 Å². The summed E-state index contributed by atoms with van der Waals surface area (Å²) in [6, 6.07) is 17.6. The molecule has 252 valence electrons. The molecule has 0 radical (unpaired) electrons. The van der Waals surface area contributed by atoms with Crippen LogP contribution in [0, 0.1) is 11.3 Å². The predicted molar refractivity (Wildman–Crippen MR) is 182 cm³/mol. The van der Waals surface area contributed by atoms with E-state index in [0.29, 0.717) is 5.92 Å². The average Bonchev–Trinajstić information content (AvgIpc) is 3.47. The summed E-state index contributed by atoms with van der Waals surface area (Å²) in [5.74, 6) is 0.300. The second-order valence-electron chi connectivity index (χ2n) is 16.1. The molecule has 0 aromatic heterocycles. The van der Waals surface area contributed by atoms with Crippen LogP contribution in [0.5, 0.6) is 0 Å². The average molecular weight is 761 g/mol. The second-order valence-corrected chi connectivity index (χ2v) is 21.4. The maximum Gasteiger partial charge on any atom is -1.00 e.